The minimum atomic E-state index is 0.348. The Balaban J connectivity index is 2.17. The number of nitrogens with two attached hydrogens (primary N) is 1. The van der Waals surface area contributed by atoms with Crippen LogP contribution in [0.5, 0.6) is 0 Å². The van der Waals surface area contributed by atoms with Crippen LogP contribution < -0.4 is 5.73 Å². The van der Waals surface area contributed by atoms with Crippen LogP contribution in [0.15, 0.2) is 52.0 Å². The molecule has 6 heteroatoms. The third-order valence-corrected chi connectivity index (χ3v) is 3.20. The quantitative estimate of drug-likeness (QED) is 0.785. The van der Waals surface area contributed by atoms with Crippen LogP contribution in [0, 0.1) is 0 Å². The summed E-state index contributed by atoms with van der Waals surface area (Å²) >= 11 is 3.40. The highest BCUT2D eigenvalue weighted by molar-refractivity contribution is 9.10. The first-order chi connectivity index (χ1) is 9.25. The van der Waals surface area contributed by atoms with Crippen LogP contribution in [-0.2, 0) is 0 Å². The molecule has 0 amide bonds. The van der Waals surface area contributed by atoms with Crippen molar-refractivity contribution in [3.8, 4) is 22.5 Å². The Morgan fingerprint density at radius 1 is 1.00 bits per heavy atom. The molecule has 0 unspecified atom stereocenters. The smallest absolute Gasteiger partial charge is 0.180 e. The molecular weight excluding hydrogens is 308 g/mol. The zero-order valence-electron chi connectivity index (χ0n) is 9.75. The van der Waals surface area contributed by atoms with Gasteiger partial charge in [0.25, 0.3) is 0 Å². The van der Waals surface area contributed by atoms with Gasteiger partial charge in [0.2, 0.25) is 0 Å². The molecule has 3 rings (SSSR count). The maximum Gasteiger partial charge on any atom is 0.180 e. The summed E-state index contributed by atoms with van der Waals surface area (Å²) in [7, 11) is 0. The molecule has 0 saturated carbocycles. The van der Waals surface area contributed by atoms with E-state index < -0.39 is 0 Å². The van der Waals surface area contributed by atoms with Crippen LogP contribution in [0.25, 0.3) is 22.5 Å². The first kappa shape index (κ1) is 11.9. The van der Waals surface area contributed by atoms with E-state index in [0.29, 0.717) is 11.6 Å². The summed E-state index contributed by atoms with van der Waals surface area (Å²) in [5, 5.41) is 3.83. The average Bonchev–Trinajstić information content (AvgIpc) is 2.83. The topological polar surface area (TPSA) is 77.8 Å². The number of aromatic nitrogens is 3. The van der Waals surface area contributed by atoms with Gasteiger partial charge >= 0.3 is 0 Å². The van der Waals surface area contributed by atoms with E-state index in [2.05, 4.69) is 31.1 Å². The molecule has 0 radical (unpaired) electrons. The van der Waals surface area contributed by atoms with Crippen molar-refractivity contribution < 1.29 is 4.52 Å². The van der Waals surface area contributed by atoms with Gasteiger partial charge in [0.1, 0.15) is 6.33 Å². The fourth-order valence-electron chi connectivity index (χ4n) is 1.81. The standard InChI is InChI=1S/C13H9BrN4O/c14-10-3-1-8(2-4-10)11-12(19-18-13(11)15)9-5-16-7-17-6-9/h1-7H,(H2,15,18). The number of benzene rings is 1. The van der Waals surface area contributed by atoms with Crippen molar-refractivity contribution >= 4 is 21.7 Å². The van der Waals surface area contributed by atoms with Crippen molar-refractivity contribution in [2.75, 3.05) is 5.73 Å². The molecule has 19 heavy (non-hydrogen) atoms. The highest BCUT2D eigenvalue weighted by Gasteiger charge is 2.17. The Morgan fingerprint density at radius 3 is 2.37 bits per heavy atom. The maximum absolute atomic E-state index is 5.89. The first-order valence-corrected chi connectivity index (χ1v) is 6.31. The summed E-state index contributed by atoms with van der Waals surface area (Å²) in [5.41, 5.74) is 8.32. The fourth-order valence-corrected chi connectivity index (χ4v) is 2.08. The molecule has 0 saturated heterocycles. The number of hydrogen-bond donors (Lipinski definition) is 1. The monoisotopic (exact) mass is 316 g/mol. The Bertz CT molecular complexity index is 694. The molecule has 0 atom stereocenters. The Kier molecular flexibility index (Phi) is 3.00. The lowest BCUT2D eigenvalue weighted by molar-refractivity contribution is 0.436. The SMILES string of the molecule is Nc1noc(-c2cncnc2)c1-c1ccc(Br)cc1. The van der Waals surface area contributed by atoms with Crippen molar-refractivity contribution in [3.05, 3.63) is 47.5 Å². The molecule has 2 N–H and O–H groups in total. The number of hydrogen-bond acceptors (Lipinski definition) is 5. The molecule has 94 valence electrons. The van der Waals surface area contributed by atoms with E-state index >= 15 is 0 Å². The number of anilines is 1. The molecule has 0 fully saturated rings. The molecule has 2 aromatic heterocycles. The first-order valence-electron chi connectivity index (χ1n) is 5.52. The summed E-state index contributed by atoms with van der Waals surface area (Å²) in [4.78, 5) is 7.94. The largest absolute Gasteiger partial charge is 0.380 e. The third-order valence-electron chi connectivity index (χ3n) is 2.67. The van der Waals surface area contributed by atoms with Gasteiger partial charge in [0.15, 0.2) is 11.6 Å². The van der Waals surface area contributed by atoms with Crippen molar-refractivity contribution in [1.29, 1.82) is 0 Å². The lowest BCUT2D eigenvalue weighted by atomic mass is 10.0. The second kappa shape index (κ2) is 4.81. The van der Waals surface area contributed by atoms with E-state index in [1.165, 1.54) is 6.33 Å². The van der Waals surface area contributed by atoms with Gasteiger partial charge in [-0.2, -0.15) is 0 Å². The molecule has 0 spiro atoms. The van der Waals surface area contributed by atoms with E-state index in [9.17, 15) is 0 Å². The number of nitrogens with zero attached hydrogens (tertiary/aromatic N) is 3. The van der Waals surface area contributed by atoms with E-state index in [-0.39, 0.29) is 0 Å². The van der Waals surface area contributed by atoms with E-state index in [1.54, 1.807) is 12.4 Å². The van der Waals surface area contributed by atoms with Gasteiger partial charge in [-0.25, -0.2) is 9.97 Å². The lowest BCUT2D eigenvalue weighted by Crippen LogP contribution is -1.89. The molecule has 0 bridgehead atoms. The van der Waals surface area contributed by atoms with Gasteiger partial charge in [-0.3, -0.25) is 0 Å². The van der Waals surface area contributed by atoms with Gasteiger partial charge < -0.3 is 10.3 Å². The highest BCUT2D eigenvalue weighted by Crippen LogP contribution is 2.36. The summed E-state index contributed by atoms with van der Waals surface area (Å²) in [5.74, 6) is 0.918. The normalized spacial score (nSPS) is 10.6. The number of nitrogen functional groups attached to an aromatic ring is 1. The Labute approximate surface area is 117 Å². The fraction of sp³-hybridized carbons (Fsp3) is 0. The second-order valence-corrected chi connectivity index (χ2v) is 4.82. The van der Waals surface area contributed by atoms with Crippen LogP contribution in [0.2, 0.25) is 0 Å². The molecule has 1 aromatic carbocycles. The predicted molar refractivity (Wildman–Crippen MR) is 75.1 cm³/mol. The molecule has 0 aliphatic heterocycles. The van der Waals surface area contributed by atoms with Gasteiger partial charge in [-0.15, -0.1) is 0 Å². The average molecular weight is 317 g/mol. The Hall–Kier alpha value is -2.21. The zero-order chi connectivity index (χ0) is 13.2. The van der Waals surface area contributed by atoms with Crippen LogP contribution in [0.3, 0.4) is 0 Å². The lowest BCUT2D eigenvalue weighted by Gasteiger charge is -2.02. The molecule has 5 nitrogen and oxygen atoms in total. The molecule has 3 aromatic rings. The van der Waals surface area contributed by atoms with E-state index in [4.69, 9.17) is 10.3 Å². The van der Waals surface area contributed by atoms with Crippen LogP contribution >= 0.6 is 15.9 Å². The summed E-state index contributed by atoms with van der Waals surface area (Å²) in [6.45, 7) is 0. The number of rotatable bonds is 2. The van der Waals surface area contributed by atoms with Gasteiger partial charge in [-0.1, -0.05) is 33.2 Å². The van der Waals surface area contributed by atoms with Crippen molar-refractivity contribution in [1.82, 2.24) is 15.1 Å². The molecule has 0 aliphatic rings. The van der Waals surface area contributed by atoms with Crippen LogP contribution in [-0.4, -0.2) is 15.1 Å². The highest BCUT2D eigenvalue weighted by atomic mass is 79.9. The minimum absolute atomic E-state index is 0.348. The summed E-state index contributed by atoms with van der Waals surface area (Å²) in [6.07, 6.45) is 4.78. The Morgan fingerprint density at radius 2 is 1.68 bits per heavy atom. The van der Waals surface area contributed by atoms with Gasteiger partial charge in [-0.05, 0) is 17.7 Å². The minimum Gasteiger partial charge on any atom is -0.380 e. The number of halogens is 1. The van der Waals surface area contributed by atoms with Gasteiger partial charge in [0.05, 0.1) is 11.1 Å². The molecular formula is C13H9BrN4O. The van der Waals surface area contributed by atoms with Crippen molar-refractivity contribution in [3.63, 3.8) is 0 Å². The van der Waals surface area contributed by atoms with Gasteiger partial charge in [0, 0.05) is 16.9 Å². The van der Waals surface area contributed by atoms with E-state index in [1.807, 2.05) is 24.3 Å². The second-order valence-electron chi connectivity index (χ2n) is 3.91. The van der Waals surface area contributed by atoms with Crippen molar-refractivity contribution in [2.24, 2.45) is 0 Å². The molecule has 0 aliphatic carbocycles. The van der Waals surface area contributed by atoms with Crippen LogP contribution in [0.1, 0.15) is 0 Å². The third kappa shape index (κ3) is 2.22. The maximum atomic E-state index is 5.89. The summed E-state index contributed by atoms with van der Waals surface area (Å²) in [6, 6.07) is 7.76. The van der Waals surface area contributed by atoms with Crippen LogP contribution in [0.4, 0.5) is 5.82 Å². The molecule has 2 heterocycles. The zero-order valence-corrected chi connectivity index (χ0v) is 11.3. The van der Waals surface area contributed by atoms with E-state index in [0.717, 1.165) is 21.2 Å². The predicted octanol–water partition coefficient (Wildman–Crippen LogP) is 3.14. The summed E-state index contributed by atoms with van der Waals surface area (Å²) < 4.78 is 6.30. The van der Waals surface area contributed by atoms with Crippen molar-refractivity contribution in [2.45, 2.75) is 0 Å².